The molecule has 1 unspecified atom stereocenters. The van der Waals surface area contributed by atoms with Crippen molar-refractivity contribution in [3.8, 4) is 0 Å². The minimum Gasteiger partial charge on any atom is -0.481 e. The van der Waals surface area contributed by atoms with Crippen molar-refractivity contribution in [2.75, 3.05) is 6.54 Å². The van der Waals surface area contributed by atoms with Gasteiger partial charge in [0.25, 0.3) is 0 Å². The van der Waals surface area contributed by atoms with Crippen LogP contribution in [0, 0.1) is 5.92 Å². The summed E-state index contributed by atoms with van der Waals surface area (Å²) in [5.41, 5.74) is 5.29. The van der Waals surface area contributed by atoms with Crippen LogP contribution in [0.1, 0.15) is 38.5 Å². The van der Waals surface area contributed by atoms with Crippen molar-refractivity contribution in [2.45, 2.75) is 44.6 Å². The predicted octanol–water partition coefficient (Wildman–Crippen LogP) is 0.485. The smallest absolute Gasteiger partial charge is 0.308 e. The van der Waals surface area contributed by atoms with Crippen LogP contribution in [-0.4, -0.2) is 29.6 Å². The third-order valence-electron chi connectivity index (χ3n) is 3.04. The van der Waals surface area contributed by atoms with E-state index in [1.807, 2.05) is 0 Å². The highest BCUT2D eigenvalue weighted by Gasteiger charge is 2.22. The summed E-state index contributed by atoms with van der Waals surface area (Å²) >= 11 is 0. The number of hydrogen-bond donors (Lipinski definition) is 3. The van der Waals surface area contributed by atoms with Crippen LogP contribution in [0.15, 0.2) is 0 Å². The van der Waals surface area contributed by atoms with E-state index in [1.165, 1.54) is 6.42 Å². The highest BCUT2D eigenvalue weighted by molar-refractivity contribution is 5.82. The molecule has 0 bridgehead atoms. The molecule has 1 atom stereocenters. The molecule has 1 aliphatic rings. The maximum Gasteiger partial charge on any atom is 0.308 e. The first kappa shape index (κ1) is 13.0. The Balaban J connectivity index is 2.31. The zero-order valence-electron chi connectivity index (χ0n) is 9.45. The normalized spacial score (nSPS) is 19.1. The van der Waals surface area contributed by atoms with Gasteiger partial charge in [0.05, 0.1) is 5.92 Å². The van der Waals surface area contributed by atoms with Gasteiger partial charge in [-0.1, -0.05) is 19.3 Å². The molecule has 0 aromatic carbocycles. The van der Waals surface area contributed by atoms with Gasteiger partial charge >= 0.3 is 5.97 Å². The second-order valence-electron chi connectivity index (χ2n) is 4.38. The zero-order chi connectivity index (χ0) is 12.0. The van der Waals surface area contributed by atoms with E-state index in [0.29, 0.717) is 0 Å². The second-order valence-corrected chi connectivity index (χ2v) is 4.38. The molecule has 0 radical (unpaired) electrons. The fraction of sp³-hybridized carbons (Fsp3) is 0.818. The average molecular weight is 228 g/mol. The van der Waals surface area contributed by atoms with Crippen molar-refractivity contribution in [1.82, 2.24) is 5.32 Å². The fourth-order valence-corrected chi connectivity index (χ4v) is 2.03. The standard InChI is InChI=1S/C11H20N2O3/c12-7-8(11(15)16)6-10(14)13-9-4-2-1-3-5-9/h8-9H,1-7,12H2,(H,13,14)(H,15,16). The van der Waals surface area contributed by atoms with Crippen LogP contribution in [0.3, 0.4) is 0 Å². The lowest BCUT2D eigenvalue weighted by atomic mass is 9.95. The summed E-state index contributed by atoms with van der Waals surface area (Å²) < 4.78 is 0. The van der Waals surface area contributed by atoms with Gasteiger partial charge < -0.3 is 16.2 Å². The highest BCUT2D eigenvalue weighted by atomic mass is 16.4. The molecule has 0 aliphatic heterocycles. The lowest BCUT2D eigenvalue weighted by molar-refractivity contribution is -0.143. The Bertz CT molecular complexity index is 250. The van der Waals surface area contributed by atoms with E-state index in [4.69, 9.17) is 10.8 Å². The van der Waals surface area contributed by atoms with Crippen LogP contribution in [0.2, 0.25) is 0 Å². The molecule has 1 amide bonds. The number of carboxylic acids is 1. The van der Waals surface area contributed by atoms with Crippen molar-refractivity contribution < 1.29 is 14.7 Å². The second kappa shape index (κ2) is 6.48. The van der Waals surface area contributed by atoms with E-state index in [-0.39, 0.29) is 24.9 Å². The predicted molar refractivity (Wildman–Crippen MR) is 59.8 cm³/mol. The van der Waals surface area contributed by atoms with E-state index in [2.05, 4.69) is 5.32 Å². The Hall–Kier alpha value is -1.10. The van der Waals surface area contributed by atoms with Crippen molar-refractivity contribution in [1.29, 1.82) is 0 Å². The van der Waals surface area contributed by atoms with Gasteiger partial charge in [-0.2, -0.15) is 0 Å². The lowest BCUT2D eigenvalue weighted by Crippen LogP contribution is -2.39. The third kappa shape index (κ3) is 4.18. The largest absolute Gasteiger partial charge is 0.481 e. The van der Waals surface area contributed by atoms with Crippen molar-refractivity contribution >= 4 is 11.9 Å². The Morgan fingerprint density at radius 2 is 1.94 bits per heavy atom. The van der Waals surface area contributed by atoms with Gasteiger partial charge in [-0.05, 0) is 12.8 Å². The van der Waals surface area contributed by atoms with Crippen molar-refractivity contribution in [2.24, 2.45) is 11.7 Å². The first-order valence-electron chi connectivity index (χ1n) is 5.85. The van der Waals surface area contributed by atoms with Gasteiger partial charge in [0.2, 0.25) is 5.91 Å². The highest BCUT2D eigenvalue weighted by Crippen LogP contribution is 2.17. The lowest BCUT2D eigenvalue weighted by Gasteiger charge is -2.23. The number of carbonyl (C=O) groups excluding carboxylic acids is 1. The number of nitrogens with two attached hydrogens (primary N) is 1. The summed E-state index contributed by atoms with van der Waals surface area (Å²) in [6.07, 6.45) is 5.52. The molecule has 4 N–H and O–H groups in total. The molecule has 5 heteroatoms. The number of hydrogen-bond acceptors (Lipinski definition) is 3. The molecule has 0 saturated heterocycles. The average Bonchev–Trinajstić information content (AvgIpc) is 2.27. The number of rotatable bonds is 5. The van der Waals surface area contributed by atoms with Gasteiger partial charge in [0.15, 0.2) is 0 Å². The Morgan fingerprint density at radius 3 is 2.44 bits per heavy atom. The van der Waals surface area contributed by atoms with Crippen LogP contribution in [0.4, 0.5) is 0 Å². The number of carboxylic acid groups (broad SMARTS) is 1. The van der Waals surface area contributed by atoms with Crippen molar-refractivity contribution in [3.05, 3.63) is 0 Å². The molecule has 16 heavy (non-hydrogen) atoms. The van der Waals surface area contributed by atoms with Crippen molar-refractivity contribution in [3.63, 3.8) is 0 Å². The van der Waals surface area contributed by atoms with E-state index >= 15 is 0 Å². The molecular weight excluding hydrogens is 208 g/mol. The number of aliphatic carboxylic acids is 1. The quantitative estimate of drug-likeness (QED) is 0.638. The Kier molecular flexibility index (Phi) is 5.25. The van der Waals surface area contributed by atoms with Crippen LogP contribution in [0.25, 0.3) is 0 Å². The van der Waals surface area contributed by atoms with Crippen LogP contribution < -0.4 is 11.1 Å². The van der Waals surface area contributed by atoms with E-state index in [9.17, 15) is 9.59 Å². The molecule has 1 fully saturated rings. The van der Waals surface area contributed by atoms with Gasteiger partial charge in [-0.15, -0.1) is 0 Å². The maximum absolute atomic E-state index is 11.6. The molecule has 5 nitrogen and oxygen atoms in total. The van der Waals surface area contributed by atoms with E-state index in [1.54, 1.807) is 0 Å². The first-order valence-corrected chi connectivity index (χ1v) is 5.85. The monoisotopic (exact) mass is 228 g/mol. The molecule has 0 aromatic heterocycles. The van der Waals surface area contributed by atoms with Crippen LogP contribution >= 0.6 is 0 Å². The number of amides is 1. The summed E-state index contributed by atoms with van der Waals surface area (Å²) in [5, 5.41) is 11.6. The zero-order valence-corrected chi connectivity index (χ0v) is 9.45. The van der Waals surface area contributed by atoms with Gasteiger partial charge in [-0.25, -0.2) is 0 Å². The summed E-state index contributed by atoms with van der Waals surface area (Å²) in [6, 6.07) is 0.230. The SMILES string of the molecule is NCC(CC(=O)NC1CCCCC1)C(=O)O. The van der Waals surface area contributed by atoms with E-state index < -0.39 is 11.9 Å². The molecule has 0 heterocycles. The molecular formula is C11H20N2O3. The first-order chi connectivity index (χ1) is 7.63. The summed E-state index contributed by atoms with van der Waals surface area (Å²) in [4.78, 5) is 22.3. The molecule has 1 rings (SSSR count). The van der Waals surface area contributed by atoms with Gasteiger partial charge in [-0.3, -0.25) is 9.59 Å². The van der Waals surface area contributed by atoms with Gasteiger partial charge in [0.1, 0.15) is 0 Å². The minimum atomic E-state index is -0.999. The Morgan fingerprint density at radius 1 is 1.31 bits per heavy atom. The fourth-order valence-electron chi connectivity index (χ4n) is 2.03. The summed E-state index contributed by atoms with van der Waals surface area (Å²) in [5.74, 6) is -1.95. The number of nitrogens with one attached hydrogen (secondary N) is 1. The molecule has 1 aliphatic carbocycles. The third-order valence-corrected chi connectivity index (χ3v) is 3.04. The maximum atomic E-state index is 11.6. The molecule has 0 spiro atoms. The minimum absolute atomic E-state index is 0.00736. The number of carbonyl (C=O) groups is 2. The van der Waals surface area contributed by atoms with Crippen LogP contribution in [0.5, 0.6) is 0 Å². The molecule has 92 valence electrons. The molecule has 0 aromatic rings. The summed E-state index contributed by atoms with van der Waals surface area (Å²) in [6.45, 7) is 0.00736. The Labute approximate surface area is 95.4 Å². The van der Waals surface area contributed by atoms with Gasteiger partial charge in [0, 0.05) is 19.0 Å². The van der Waals surface area contributed by atoms with Crippen LogP contribution in [-0.2, 0) is 9.59 Å². The molecule has 1 saturated carbocycles. The summed E-state index contributed by atoms with van der Waals surface area (Å²) in [7, 11) is 0. The van der Waals surface area contributed by atoms with E-state index in [0.717, 1.165) is 25.7 Å². The topological polar surface area (TPSA) is 92.4 Å².